The second-order valence-corrected chi connectivity index (χ2v) is 8.34. The molecule has 2 heterocycles. The standard InChI is InChI=1S/C24H31N5O/c1-17-23(18(2)26-25-17)16-28(3)14-20-15-29(4)27-24(20)19-10-12-22(13-11-19)30-21-8-6-5-7-9-21/h5-13,15,17-18,23,25-26H,14,16H2,1-4H3. The summed E-state index contributed by atoms with van der Waals surface area (Å²) in [5.74, 6) is 2.23. The minimum atomic E-state index is 0.466. The van der Waals surface area contributed by atoms with Crippen LogP contribution in [0.15, 0.2) is 60.8 Å². The van der Waals surface area contributed by atoms with Crippen molar-refractivity contribution in [3.05, 3.63) is 66.4 Å². The molecule has 4 rings (SSSR count). The van der Waals surface area contributed by atoms with Crippen molar-refractivity contribution in [3.63, 3.8) is 0 Å². The number of benzene rings is 2. The Morgan fingerprint density at radius 2 is 1.60 bits per heavy atom. The summed E-state index contributed by atoms with van der Waals surface area (Å²) in [4.78, 5) is 2.39. The van der Waals surface area contributed by atoms with Gasteiger partial charge in [0, 0.05) is 55.5 Å². The van der Waals surface area contributed by atoms with Gasteiger partial charge in [0.25, 0.3) is 0 Å². The van der Waals surface area contributed by atoms with Gasteiger partial charge in [-0.15, -0.1) is 0 Å². The lowest BCUT2D eigenvalue weighted by Gasteiger charge is -2.25. The average molecular weight is 406 g/mol. The first-order valence-electron chi connectivity index (χ1n) is 10.5. The van der Waals surface area contributed by atoms with Crippen LogP contribution in [-0.2, 0) is 13.6 Å². The predicted molar refractivity (Wildman–Crippen MR) is 120 cm³/mol. The molecule has 6 heteroatoms. The fraction of sp³-hybridized carbons (Fsp3) is 0.375. The van der Waals surface area contributed by atoms with Gasteiger partial charge in [-0.2, -0.15) is 5.10 Å². The number of hydrogen-bond donors (Lipinski definition) is 2. The van der Waals surface area contributed by atoms with Crippen LogP contribution in [0.1, 0.15) is 19.4 Å². The maximum Gasteiger partial charge on any atom is 0.127 e. The highest BCUT2D eigenvalue weighted by Gasteiger charge is 2.30. The summed E-state index contributed by atoms with van der Waals surface area (Å²) in [5, 5.41) is 4.73. The van der Waals surface area contributed by atoms with E-state index in [9.17, 15) is 0 Å². The van der Waals surface area contributed by atoms with E-state index < -0.39 is 0 Å². The minimum Gasteiger partial charge on any atom is -0.457 e. The van der Waals surface area contributed by atoms with E-state index in [1.54, 1.807) is 0 Å². The maximum absolute atomic E-state index is 5.92. The molecule has 1 fully saturated rings. The van der Waals surface area contributed by atoms with E-state index in [-0.39, 0.29) is 0 Å². The van der Waals surface area contributed by atoms with Gasteiger partial charge in [-0.3, -0.25) is 15.5 Å². The Morgan fingerprint density at radius 1 is 0.967 bits per heavy atom. The van der Waals surface area contributed by atoms with Crippen LogP contribution in [0, 0.1) is 5.92 Å². The summed E-state index contributed by atoms with van der Waals surface area (Å²) in [5.41, 5.74) is 10.1. The van der Waals surface area contributed by atoms with Crippen molar-refractivity contribution in [1.29, 1.82) is 0 Å². The van der Waals surface area contributed by atoms with Gasteiger partial charge >= 0.3 is 0 Å². The molecule has 1 aliphatic heterocycles. The van der Waals surface area contributed by atoms with Gasteiger partial charge in [-0.1, -0.05) is 18.2 Å². The van der Waals surface area contributed by atoms with Crippen molar-refractivity contribution in [1.82, 2.24) is 25.5 Å². The van der Waals surface area contributed by atoms with E-state index in [0.29, 0.717) is 18.0 Å². The molecule has 3 aromatic rings. The molecule has 1 aromatic heterocycles. The van der Waals surface area contributed by atoms with Crippen molar-refractivity contribution in [3.8, 4) is 22.8 Å². The number of hydrogen-bond acceptors (Lipinski definition) is 5. The molecule has 0 radical (unpaired) electrons. The molecule has 2 atom stereocenters. The zero-order chi connectivity index (χ0) is 21.1. The largest absolute Gasteiger partial charge is 0.457 e. The Balaban J connectivity index is 1.46. The Bertz CT molecular complexity index is 943. The van der Waals surface area contributed by atoms with Gasteiger partial charge in [-0.25, -0.2) is 0 Å². The minimum absolute atomic E-state index is 0.466. The van der Waals surface area contributed by atoms with E-state index in [1.165, 1.54) is 5.56 Å². The lowest BCUT2D eigenvalue weighted by molar-refractivity contribution is 0.249. The Morgan fingerprint density at radius 3 is 2.27 bits per heavy atom. The second kappa shape index (κ2) is 9.00. The van der Waals surface area contributed by atoms with Crippen molar-refractivity contribution < 1.29 is 4.74 Å². The molecule has 1 aliphatic rings. The smallest absolute Gasteiger partial charge is 0.127 e. The van der Waals surface area contributed by atoms with E-state index in [2.05, 4.69) is 55.0 Å². The van der Waals surface area contributed by atoms with Crippen LogP contribution < -0.4 is 15.6 Å². The van der Waals surface area contributed by atoms with Crippen LogP contribution in [0.3, 0.4) is 0 Å². The van der Waals surface area contributed by atoms with E-state index in [0.717, 1.165) is 35.8 Å². The molecule has 2 aromatic carbocycles. The van der Waals surface area contributed by atoms with Crippen LogP contribution in [0.25, 0.3) is 11.3 Å². The molecule has 0 saturated carbocycles. The molecule has 2 unspecified atom stereocenters. The monoisotopic (exact) mass is 405 g/mol. The van der Waals surface area contributed by atoms with Crippen molar-refractivity contribution in [2.75, 3.05) is 13.6 Å². The third kappa shape index (κ3) is 4.73. The summed E-state index contributed by atoms with van der Waals surface area (Å²) in [6, 6.07) is 18.9. The third-order valence-corrected chi connectivity index (χ3v) is 5.80. The SMILES string of the molecule is CC1NNC(C)C1CN(C)Cc1cn(C)nc1-c1ccc(Oc2ccccc2)cc1. The second-order valence-electron chi connectivity index (χ2n) is 8.34. The predicted octanol–water partition coefficient (Wildman–Crippen LogP) is 3.81. The summed E-state index contributed by atoms with van der Waals surface area (Å²) < 4.78 is 7.82. The third-order valence-electron chi connectivity index (χ3n) is 5.80. The van der Waals surface area contributed by atoms with Gasteiger partial charge in [0.1, 0.15) is 11.5 Å². The maximum atomic E-state index is 5.92. The first-order valence-corrected chi connectivity index (χ1v) is 10.5. The average Bonchev–Trinajstić information content (AvgIpc) is 3.25. The molecule has 30 heavy (non-hydrogen) atoms. The molecule has 6 nitrogen and oxygen atoms in total. The highest BCUT2D eigenvalue weighted by atomic mass is 16.5. The highest BCUT2D eigenvalue weighted by molar-refractivity contribution is 5.63. The number of aromatic nitrogens is 2. The number of ether oxygens (including phenoxy) is 1. The van der Waals surface area contributed by atoms with Gasteiger partial charge in [-0.05, 0) is 57.3 Å². The first-order chi connectivity index (χ1) is 14.5. The zero-order valence-corrected chi connectivity index (χ0v) is 18.2. The van der Waals surface area contributed by atoms with Crippen molar-refractivity contribution in [2.24, 2.45) is 13.0 Å². The molecular formula is C24H31N5O. The number of aryl methyl sites for hydroxylation is 1. The summed E-state index contributed by atoms with van der Waals surface area (Å²) in [6.07, 6.45) is 2.12. The molecule has 0 spiro atoms. The van der Waals surface area contributed by atoms with E-state index in [1.807, 2.05) is 54.2 Å². The zero-order valence-electron chi connectivity index (χ0n) is 18.2. The van der Waals surface area contributed by atoms with Gasteiger partial charge in [0.05, 0.1) is 5.69 Å². The Labute approximate surface area is 178 Å². The first kappa shape index (κ1) is 20.6. The lowest BCUT2D eigenvalue weighted by Crippen LogP contribution is -2.35. The van der Waals surface area contributed by atoms with Gasteiger partial charge < -0.3 is 9.64 Å². The Hall–Kier alpha value is -2.67. The van der Waals surface area contributed by atoms with Crippen LogP contribution in [0.5, 0.6) is 11.5 Å². The molecule has 0 amide bonds. The van der Waals surface area contributed by atoms with Crippen LogP contribution >= 0.6 is 0 Å². The molecular weight excluding hydrogens is 374 g/mol. The quantitative estimate of drug-likeness (QED) is 0.626. The number of rotatable bonds is 7. The lowest BCUT2D eigenvalue weighted by atomic mass is 9.96. The van der Waals surface area contributed by atoms with Gasteiger partial charge in [0.15, 0.2) is 0 Å². The summed E-state index contributed by atoms with van der Waals surface area (Å²) in [7, 11) is 4.17. The van der Waals surface area contributed by atoms with E-state index in [4.69, 9.17) is 9.84 Å². The Kier molecular flexibility index (Phi) is 6.18. The van der Waals surface area contributed by atoms with Crippen LogP contribution in [0.2, 0.25) is 0 Å². The van der Waals surface area contributed by atoms with Crippen molar-refractivity contribution >= 4 is 0 Å². The number of hydrazine groups is 1. The topological polar surface area (TPSA) is 54.3 Å². The number of nitrogens with zero attached hydrogens (tertiary/aromatic N) is 3. The normalized spacial score (nSPS) is 21.3. The summed E-state index contributed by atoms with van der Waals surface area (Å²) in [6.45, 7) is 6.37. The molecule has 158 valence electrons. The fourth-order valence-electron chi connectivity index (χ4n) is 4.14. The number of para-hydroxylation sites is 1. The molecule has 0 aliphatic carbocycles. The fourth-order valence-corrected chi connectivity index (χ4v) is 4.14. The molecule has 1 saturated heterocycles. The number of nitrogens with one attached hydrogen (secondary N) is 2. The highest BCUT2D eigenvalue weighted by Crippen LogP contribution is 2.28. The van der Waals surface area contributed by atoms with Gasteiger partial charge in [0.2, 0.25) is 0 Å². The van der Waals surface area contributed by atoms with Crippen LogP contribution in [0.4, 0.5) is 0 Å². The molecule has 0 bridgehead atoms. The molecule has 2 N–H and O–H groups in total. The van der Waals surface area contributed by atoms with Crippen LogP contribution in [-0.4, -0.2) is 40.4 Å². The van der Waals surface area contributed by atoms with Crippen molar-refractivity contribution in [2.45, 2.75) is 32.5 Å². The summed E-state index contributed by atoms with van der Waals surface area (Å²) >= 11 is 0. The van der Waals surface area contributed by atoms with E-state index >= 15 is 0 Å².